The first kappa shape index (κ1) is 10.4. The fraction of sp³-hybridized carbons (Fsp3) is 1.00. The molecule has 2 saturated heterocycles. The van der Waals surface area contributed by atoms with Crippen molar-refractivity contribution in [3.05, 3.63) is 0 Å². The van der Waals surface area contributed by atoms with Gasteiger partial charge in [0.25, 0.3) is 0 Å². The maximum Gasteiger partial charge on any atom is 0.00850 e. The fourth-order valence-electron chi connectivity index (χ4n) is 3.24. The van der Waals surface area contributed by atoms with Gasteiger partial charge in [-0.15, -0.1) is 0 Å². The molecular weight excluding hydrogens is 172 g/mol. The first-order valence-electron chi connectivity index (χ1n) is 6.15. The van der Waals surface area contributed by atoms with Gasteiger partial charge in [-0.05, 0) is 39.4 Å². The van der Waals surface area contributed by atoms with Gasteiger partial charge in [0.1, 0.15) is 0 Å². The molecule has 2 fully saturated rings. The number of unbranched alkanes of at least 4 members (excludes halogenated alkanes) is 1. The van der Waals surface area contributed by atoms with Crippen molar-refractivity contribution in [3.8, 4) is 0 Å². The summed E-state index contributed by atoms with van der Waals surface area (Å²) in [6.45, 7) is 9.03. The van der Waals surface area contributed by atoms with Gasteiger partial charge in [-0.25, -0.2) is 0 Å². The molecule has 2 heteroatoms. The van der Waals surface area contributed by atoms with E-state index in [1.807, 2.05) is 0 Å². The zero-order chi connectivity index (χ0) is 10.0. The van der Waals surface area contributed by atoms with Crippen LogP contribution in [0.1, 0.15) is 32.6 Å². The van der Waals surface area contributed by atoms with Crippen molar-refractivity contribution in [2.45, 2.75) is 32.6 Å². The molecule has 0 unspecified atom stereocenters. The Hall–Kier alpha value is -0.0800. The lowest BCUT2D eigenvalue weighted by Gasteiger charge is -2.53. The van der Waals surface area contributed by atoms with Gasteiger partial charge in [0.2, 0.25) is 0 Å². The topological polar surface area (TPSA) is 6.48 Å². The highest BCUT2D eigenvalue weighted by Gasteiger charge is 2.43. The molecule has 0 atom stereocenters. The largest absolute Gasteiger partial charge is 0.305 e. The average molecular weight is 196 g/mol. The predicted octanol–water partition coefficient (Wildman–Crippen LogP) is 1.81. The molecule has 2 rings (SSSR count). The summed E-state index contributed by atoms with van der Waals surface area (Å²) in [5, 5.41) is 0. The zero-order valence-electron chi connectivity index (χ0n) is 9.76. The van der Waals surface area contributed by atoms with Crippen molar-refractivity contribution in [1.29, 1.82) is 0 Å². The quantitative estimate of drug-likeness (QED) is 0.679. The Morgan fingerprint density at radius 3 is 2.64 bits per heavy atom. The molecule has 0 aromatic rings. The Morgan fingerprint density at radius 1 is 1.21 bits per heavy atom. The molecule has 2 heterocycles. The van der Waals surface area contributed by atoms with Gasteiger partial charge < -0.3 is 9.80 Å². The van der Waals surface area contributed by atoms with Crippen molar-refractivity contribution >= 4 is 0 Å². The van der Waals surface area contributed by atoms with Crippen molar-refractivity contribution in [2.24, 2.45) is 5.41 Å². The first-order valence-corrected chi connectivity index (χ1v) is 6.15. The number of hydrogen-bond donors (Lipinski definition) is 0. The van der Waals surface area contributed by atoms with Crippen molar-refractivity contribution in [3.63, 3.8) is 0 Å². The second kappa shape index (κ2) is 4.19. The zero-order valence-corrected chi connectivity index (χ0v) is 9.76. The smallest absolute Gasteiger partial charge is 0.00850 e. The van der Waals surface area contributed by atoms with E-state index in [-0.39, 0.29) is 0 Å². The lowest BCUT2D eigenvalue weighted by Crippen LogP contribution is -2.61. The van der Waals surface area contributed by atoms with Crippen LogP contribution < -0.4 is 0 Å². The van der Waals surface area contributed by atoms with E-state index in [1.165, 1.54) is 58.4 Å². The summed E-state index contributed by atoms with van der Waals surface area (Å²) in [6, 6.07) is 0. The highest BCUT2D eigenvalue weighted by molar-refractivity contribution is 4.97. The molecule has 0 radical (unpaired) electrons. The Balaban J connectivity index is 1.79. The Morgan fingerprint density at radius 2 is 2.00 bits per heavy atom. The Bertz CT molecular complexity index is 179. The molecule has 14 heavy (non-hydrogen) atoms. The molecule has 0 amide bonds. The summed E-state index contributed by atoms with van der Waals surface area (Å²) in [6.07, 6.45) is 5.62. The maximum atomic E-state index is 2.69. The highest BCUT2D eigenvalue weighted by atomic mass is 15.2. The van der Waals surface area contributed by atoms with Crippen molar-refractivity contribution < 1.29 is 0 Å². The molecule has 0 aromatic carbocycles. The molecule has 1 spiro atoms. The van der Waals surface area contributed by atoms with Crippen LogP contribution in [-0.2, 0) is 0 Å². The lowest BCUT2D eigenvalue weighted by molar-refractivity contribution is -0.0402. The van der Waals surface area contributed by atoms with Crippen molar-refractivity contribution in [1.82, 2.24) is 9.80 Å². The van der Waals surface area contributed by atoms with Crippen LogP contribution in [0.2, 0.25) is 0 Å². The lowest BCUT2D eigenvalue weighted by atomic mass is 9.73. The molecule has 0 aromatic heterocycles. The second-order valence-corrected chi connectivity index (χ2v) is 5.41. The van der Waals surface area contributed by atoms with E-state index in [0.29, 0.717) is 5.41 Å². The van der Waals surface area contributed by atoms with Gasteiger partial charge in [0, 0.05) is 25.0 Å². The van der Waals surface area contributed by atoms with Crippen molar-refractivity contribution in [2.75, 3.05) is 39.8 Å². The molecule has 0 N–H and O–H groups in total. The Labute approximate surface area is 88.3 Å². The molecular formula is C12H24N2. The molecule has 0 aliphatic carbocycles. The van der Waals surface area contributed by atoms with Crippen LogP contribution in [0.3, 0.4) is 0 Å². The van der Waals surface area contributed by atoms with E-state index in [4.69, 9.17) is 0 Å². The van der Waals surface area contributed by atoms with E-state index in [2.05, 4.69) is 23.8 Å². The van der Waals surface area contributed by atoms with Crippen LogP contribution in [0.15, 0.2) is 0 Å². The minimum atomic E-state index is 0.695. The molecule has 82 valence electrons. The number of piperidine rings is 1. The molecule has 2 aliphatic heterocycles. The third kappa shape index (κ3) is 2.12. The van der Waals surface area contributed by atoms with E-state index >= 15 is 0 Å². The summed E-state index contributed by atoms with van der Waals surface area (Å²) in [5.74, 6) is 0. The summed E-state index contributed by atoms with van der Waals surface area (Å²) >= 11 is 0. The average Bonchev–Trinajstić information content (AvgIpc) is 2.13. The van der Waals surface area contributed by atoms with Gasteiger partial charge in [0.05, 0.1) is 0 Å². The van der Waals surface area contributed by atoms with Crippen LogP contribution in [0.5, 0.6) is 0 Å². The summed E-state index contributed by atoms with van der Waals surface area (Å²) in [7, 11) is 2.25. The van der Waals surface area contributed by atoms with Gasteiger partial charge in [-0.1, -0.05) is 13.3 Å². The number of hydrogen-bond acceptors (Lipinski definition) is 2. The van der Waals surface area contributed by atoms with Crippen LogP contribution in [0.25, 0.3) is 0 Å². The normalized spacial score (nSPS) is 27.9. The number of nitrogens with zero attached hydrogens (tertiary/aromatic N) is 2. The van der Waals surface area contributed by atoms with Gasteiger partial charge in [-0.2, -0.15) is 0 Å². The summed E-state index contributed by atoms with van der Waals surface area (Å²) in [5.41, 5.74) is 0.695. The minimum Gasteiger partial charge on any atom is -0.305 e. The molecule has 2 aliphatic rings. The molecule has 2 nitrogen and oxygen atoms in total. The monoisotopic (exact) mass is 196 g/mol. The van der Waals surface area contributed by atoms with Gasteiger partial charge in [0.15, 0.2) is 0 Å². The van der Waals surface area contributed by atoms with Crippen LogP contribution in [0.4, 0.5) is 0 Å². The summed E-state index contributed by atoms with van der Waals surface area (Å²) in [4.78, 5) is 5.16. The second-order valence-electron chi connectivity index (χ2n) is 5.41. The van der Waals surface area contributed by atoms with Crippen LogP contribution in [0, 0.1) is 5.41 Å². The SMILES string of the molecule is CCCCN1CCCC2(CN(C)C2)C1. The maximum absolute atomic E-state index is 2.69. The van der Waals surface area contributed by atoms with E-state index < -0.39 is 0 Å². The predicted molar refractivity (Wildman–Crippen MR) is 60.5 cm³/mol. The molecule has 0 bridgehead atoms. The number of likely N-dealkylation sites (tertiary alicyclic amines) is 2. The van der Waals surface area contributed by atoms with E-state index in [1.54, 1.807) is 0 Å². The minimum absolute atomic E-state index is 0.695. The molecule has 0 saturated carbocycles. The van der Waals surface area contributed by atoms with E-state index in [0.717, 1.165) is 0 Å². The fourth-order valence-corrected chi connectivity index (χ4v) is 3.24. The van der Waals surface area contributed by atoms with Crippen LogP contribution in [-0.4, -0.2) is 49.6 Å². The van der Waals surface area contributed by atoms with Gasteiger partial charge >= 0.3 is 0 Å². The highest BCUT2D eigenvalue weighted by Crippen LogP contribution is 2.37. The number of rotatable bonds is 3. The van der Waals surface area contributed by atoms with Crippen LogP contribution >= 0.6 is 0 Å². The third-order valence-corrected chi connectivity index (χ3v) is 3.78. The first-order chi connectivity index (χ1) is 6.74. The van der Waals surface area contributed by atoms with E-state index in [9.17, 15) is 0 Å². The Kier molecular flexibility index (Phi) is 3.13. The van der Waals surface area contributed by atoms with Gasteiger partial charge in [-0.3, -0.25) is 0 Å². The standard InChI is InChI=1S/C12H24N2/c1-3-4-7-14-8-5-6-12(11-14)9-13(2)10-12/h3-11H2,1-2H3. The summed E-state index contributed by atoms with van der Waals surface area (Å²) < 4.78 is 0. The third-order valence-electron chi connectivity index (χ3n) is 3.78.